The summed E-state index contributed by atoms with van der Waals surface area (Å²) in [6.07, 6.45) is 1.18. The lowest BCUT2D eigenvalue weighted by molar-refractivity contribution is 0.0667. The summed E-state index contributed by atoms with van der Waals surface area (Å²) in [5.74, 6) is -1.66. The molecule has 0 atom stereocenters. The summed E-state index contributed by atoms with van der Waals surface area (Å²) in [5, 5.41) is 8.79. The van der Waals surface area contributed by atoms with E-state index < -0.39 is 11.9 Å². The van der Waals surface area contributed by atoms with Crippen LogP contribution in [-0.4, -0.2) is 59.2 Å². The minimum absolute atomic E-state index is 0.0916. The molecule has 1 aromatic heterocycles. The molecule has 1 rings (SSSR count). The van der Waals surface area contributed by atoms with Crippen molar-refractivity contribution < 1.29 is 19.4 Å². The number of aromatic amines is 1. The lowest BCUT2D eigenvalue weighted by Gasteiger charge is -2.15. The number of H-pyrrole nitrogens is 1. The zero-order valence-electron chi connectivity index (χ0n) is 9.06. The van der Waals surface area contributed by atoms with Crippen molar-refractivity contribution in [2.45, 2.75) is 0 Å². The number of aromatic nitrogens is 2. The number of nitrogens with one attached hydrogen (secondary N) is 1. The minimum atomic E-state index is -1.21. The van der Waals surface area contributed by atoms with Crippen LogP contribution >= 0.6 is 0 Å². The molecule has 1 amide bonds. The second-order valence-corrected chi connectivity index (χ2v) is 3.15. The number of carbonyl (C=O) groups is 2. The molecule has 0 radical (unpaired) electrons. The average Bonchev–Trinajstić information content (AvgIpc) is 2.73. The third kappa shape index (κ3) is 2.57. The second kappa shape index (κ2) is 5.26. The van der Waals surface area contributed by atoms with E-state index in [9.17, 15) is 9.59 Å². The lowest BCUT2D eigenvalue weighted by atomic mass is 10.3. The molecule has 1 heterocycles. The first-order valence-electron chi connectivity index (χ1n) is 4.59. The molecule has 0 aliphatic heterocycles. The van der Waals surface area contributed by atoms with Gasteiger partial charge in [0.2, 0.25) is 0 Å². The van der Waals surface area contributed by atoms with Gasteiger partial charge in [-0.05, 0) is 0 Å². The number of carboxylic acid groups (broad SMARTS) is 1. The third-order valence-electron chi connectivity index (χ3n) is 2.03. The minimum Gasteiger partial charge on any atom is -0.477 e. The van der Waals surface area contributed by atoms with E-state index in [2.05, 4.69) is 9.97 Å². The van der Waals surface area contributed by atoms with Gasteiger partial charge in [-0.1, -0.05) is 0 Å². The Balaban J connectivity index is 2.79. The van der Waals surface area contributed by atoms with Crippen LogP contribution in [-0.2, 0) is 4.74 Å². The second-order valence-electron chi connectivity index (χ2n) is 3.15. The van der Waals surface area contributed by atoms with Gasteiger partial charge in [0.15, 0.2) is 11.4 Å². The number of imidazole rings is 1. The number of ether oxygens (including phenoxy) is 1. The van der Waals surface area contributed by atoms with E-state index in [1.165, 1.54) is 18.3 Å². The number of rotatable bonds is 5. The highest BCUT2D eigenvalue weighted by Gasteiger charge is 2.22. The van der Waals surface area contributed by atoms with Gasteiger partial charge in [-0.3, -0.25) is 4.79 Å². The Kier molecular flexibility index (Phi) is 4.01. The molecule has 88 valence electrons. The fourth-order valence-electron chi connectivity index (χ4n) is 1.13. The molecule has 0 unspecified atom stereocenters. The summed E-state index contributed by atoms with van der Waals surface area (Å²) in [7, 11) is 3.08. The van der Waals surface area contributed by atoms with Crippen molar-refractivity contribution in [3.05, 3.63) is 17.7 Å². The van der Waals surface area contributed by atoms with Gasteiger partial charge in [0.25, 0.3) is 5.91 Å². The van der Waals surface area contributed by atoms with Crippen molar-refractivity contribution >= 4 is 11.9 Å². The maximum Gasteiger partial charge on any atom is 0.354 e. The van der Waals surface area contributed by atoms with E-state index in [-0.39, 0.29) is 11.4 Å². The normalized spacial score (nSPS) is 10.1. The first kappa shape index (κ1) is 12.2. The van der Waals surface area contributed by atoms with Crippen LogP contribution in [0.1, 0.15) is 21.0 Å². The molecule has 7 heteroatoms. The van der Waals surface area contributed by atoms with E-state index in [0.29, 0.717) is 13.2 Å². The number of hydrogen-bond donors (Lipinski definition) is 2. The summed E-state index contributed by atoms with van der Waals surface area (Å²) in [4.78, 5) is 30.0. The van der Waals surface area contributed by atoms with Crippen LogP contribution in [0.3, 0.4) is 0 Å². The molecule has 7 nitrogen and oxygen atoms in total. The smallest absolute Gasteiger partial charge is 0.354 e. The highest BCUT2D eigenvalue weighted by atomic mass is 16.5. The Morgan fingerprint density at radius 1 is 1.62 bits per heavy atom. The van der Waals surface area contributed by atoms with Gasteiger partial charge in [-0.2, -0.15) is 0 Å². The molecule has 0 saturated carbocycles. The Morgan fingerprint density at radius 2 is 2.31 bits per heavy atom. The molecule has 16 heavy (non-hydrogen) atoms. The van der Waals surface area contributed by atoms with E-state index >= 15 is 0 Å². The fourth-order valence-corrected chi connectivity index (χ4v) is 1.13. The van der Waals surface area contributed by atoms with Crippen LogP contribution in [0.5, 0.6) is 0 Å². The zero-order chi connectivity index (χ0) is 12.1. The highest BCUT2D eigenvalue weighted by molar-refractivity contribution is 6.02. The molecular weight excluding hydrogens is 214 g/mol. The quantitative estimate of drug-likeness (QED) is 0.727. The van der Waals surface area contributed by atoms with Crippen molar-refractivity contribution in [2.24, 2.45) is 0 Å². The fraction of sp³-hybridized carbons (Fsp3) is 0.444. The van der Waals surface area contributed by atoms with Gasteiger partial charge in [0.1, 0.15) is 0 Å². The monoisotopic (exact) mass is 227 g/mol. The van der Waals surface area contributed by atoms with Crippen LogP contribution in [0.15, 0.2) is 6.33 Å². The van der Waals surface area contributed by atoms with E-state index in [1.807, 2.05) is 0 Å². The number of nitrogens with zero attached hydrogens (tertiary/aromatic N) is 2. The van der Waals surface area contributed by atoms with Crippen molar-refractivity contribution in [1.29, 1.82) is 0 Å². The predicted molar refractivity (Wildman–Crippen MR) is 54.4 cm³/mol. The van der Waals surface area contributed by atoms with Gasteiger partial charge < -0.3 is 19.7 Å². The summed E-state index contributed by atoms with van der Waals surface area (Å²) in [6.45, 7) is 0.760. The molecule has 0 aromatic carbocycles. The average molecular weight is 227 g/mol. The maximum absolute atomic E-state index is 11.8. The molecular formula is C9H13N3O4. The van der Waals surface area contributed by atoms with Crippen LogP contribution in [0.2, 0.25) is 0 Å². The van der Waals surface area contributed by atoms with Gasteiger partial charge >= 0.3 is 5.97 Å². The molecule has 0 bridgehead atoms. The standard InChI is InChI=1S/C9H13N3O4/c1-12(3-4-16-2)8(13)6-7(9(14)15)11-5-10-6/h5H,3-4H2,1-2H3,(H,10,11)(H,14,15). The number of methoxy groups -OCH3 is 1. The molecule has 2 N–H and O–H groups in total. The number of carboxylic acids is 1. The van der Waals surface area contributed by atoms with Gasteiger partial charge in [-0.15, -0.1) is 0 Å². The molecule has 1 aromatic rings. The lowest BCUT2D eigenvalue weighted by Crippen LogP contribution is -2.31. The highest BCUT2D eigenvalue weighted by Crippen LogP contribution is 2.05. The van der Waals surface area contributed by atoms with Crippen molar-refractivity contribution in [2.75, 3.05) is 27.3 Å². The third-order valence-corrected chi connectivity index (χ3v) is 2.03. The SMILES string of the molecule is COCCN(C)C(=O)c1nc[nH]c1C(=O)O. The van der Waals surface area contributed by atoms with Crippen molar-refractivity contribution in [3.8, 4) is 0 Å². The van der Waals surface area contributed by atoms with Crippen LogP contribution in [0.4, 0.5) is 0 Å². The number of carbonyl (C=O) groups excluding carboxylic acids is 1. The molecule has 0 fully saturated rings. The maximum atomic E-state index is 11.8. The van der Waals surface area contributed by atoms with Crippen LogP contribution < -0.4 is 0 Å². The van der Waals surface area contributed by atoms with Gasteiger partial charge in [0, 0.05) is 20.7 Å². The number of amides is 1. The van der Waals surface area contributed by atoms with Gasteiger partial charge in [-0.25, -0.2) is 9.78 Å². The molecule has 0 spiro atoms. The topological polar surface area (TPSA) is 95.5 Å². The Hall–Kier alpha value is -1.89. The predicted octanol–water partition coefficient (Wildman–Crippen LogP) is -0.174. The van der Waals surface area contributed by atoms with E-state index in [0.717, 1.165) is 0 Å². The summed E-state index contributed by atoms with van der Waals surface area (Å²) in [6, 6.07) is 0. The largest absolute Gasteiger partial charge is 0.477 e. The number of hydrogen-bond acceptors (Lipinski definition) is 4. The zero-order valence-corrected chi connectivity index (χ0v) is 9.06. The Labute approximate surface area is 92.0 Å². The van der Waals surface area contributed by atoms with Gasteiger partial charge in [0.05, 0.1) is 12.9 Å². The Bertz CT molecular complexity index is 388. The van der Waals surface area contributed by atoms with E-state index in [1.54, 1.807) is 7.05 Å². The van der Waals surface area contributed by atoms with Crippen molar-refractivity contribution in [3.63, 3.8) is 0 Å². The Morgan fingerprint density at radius 3 is 2.88 bits per heavy atom. The summed E-state index contributed by atoms with van der Waals surface area (Å²) >= 11 is 0. The summed E-state index contributed by atoms with van der Waals surface area (Å²) in [5.41, 5.74) is -0.291. The summed E-state index contributed by atoms with van der Waals surface area (Å²) < 4.78 is 4.82. The van der Waals surface area contributed by atoms with Crippen LogP contribution in [0, 0.1) is 0 Å². The molecule has 0 aliphatic rings. The van der Waals surface area contributed by atoms with E-state index in [4.69, 9.17) is 9.84 Å². The first-order chi connectivity index (χ1) is 7.57. The van der Waals surface area contributed by atoms with Crippen molar-refractivity contribution in [1.82, 2.24) is 14.9 Å². The van der Waals surface area contributed by atoms with Crippen LogP contribution in [0.25, 0.3) is 0 Å². The number of aromatic carboxylic acids is 1. The number of likely N-dealkylation sites (N-methyl/N-ethyl adjacent to an activating group) is 1. The molecule has 0 saturated heterocycles. The first-order valence-corrected chi connectivity index (χ1v) is 4.59. The molecule has 0 aliphatic carbocycles.